The van der Waals surface area contributed by atoms with Gasteiger partial charge in [0.25, 0.3) is 0 Å². The van der Waals surface area contributed by atoms with E-state index in [2.05, 4.69) is 18.4 Å². The fraction of sp³-hybridized carbons (Fsp3) is 0.909. The van der Waals surface area contributed by atoms with Crippen molar-refractivity contribution < 1.29 is 33.5 Å². The Hall–Kier alpha value is -0.200. The summed E-state index contributed by atoms with van der Waals surface area (Å²) in [4.78, 5) is 0. The van der Waals surface area contributed by atoms with E-state index in [1.165, 1.54) is 38.8 Å². The highest BCUT2D eigenvalue weighted by Crippen LogP contribution is 2.25. The lowest BCUT2D eigenvalue weighted by molar-refractivity contribution is -2.00. The number of halogens is 1. The summed E-state index contributed by atoms with van der Waals surface area (Å²) in [7, 11) is -4.94. The predicted octanol–water partition coefficient (Wildman–Crippen LogP) is -2.46. The Morgan fingerprint density at radius 3 is 1.59 bits per heavy atom. The Balaban J connectivity index is 0.000000249. The third-order valence-electron chi connectivity index (χ3n) is 3.51. The van der Waals surface area contributed by atoms with Crippen molar-refractivity contribution in [3.63, 3.8) is 0 Å². The number of hydrogen-bond donors (Lipinski definition) is 0. The monoisotopic (exact) mass is 265 g/mol. The van der Waals surface area contributed by atoms with Crippen LogP contribution in [0.3, 0.4) is 0 Å². The van der Waals surface area contributed by atoms with Gasteiger partial charge in [0.2, 0.25) is 0 Å². The van der Waals surface area contributed by atoms with Crippen LogP contribution in [0, 0.1) is 22.1 Å². The van der Waals surface area contributed by atoms with Gasteiger partial charge in [-0.2, -0.15) is 0 Å². The number of nitrogens with zero attached hydrogens (tertiary/aromatic N) is 1. The van der Waals surface area contributed by atoms with E-state index in [1.54, 1.807) is 5.71 Å². The summed E-state index contributed by atoms with van der Waals surface area (Å²) in [6, 6.07) is 0. The molecule has 2 unspecified atom stereocenters. The van der Waals surface area contributed by atoms with Gasteiger partial charge in [0.15, 0.2) is 5.71 Å². The van der Waals surface area contributed by atoms with Crippen LogP contribution in [-0.4, -0.2) is 23.4 Å². The van der Waals surface area contributed by atoms with Gasteiger partial charge in [-0.05, 0) is 12.8 Å². The van der Waals surface area contributed by atoms with Crippen LogP contribution in [0.15, 0.2) is 0 Å². The first kappa shape index (κ1) is 14.9. The van der Waals surface area contributed by atoms with Crippen molar-refractivity contribution in [2.75, 3.05) is 13.1 Å². The maximum absolute atomic E-state index is 8.49. The smallest absolute Gasteiger partial charge is 0.157 e. The molecular weight excluding hydrogens is 246 g/mol. The molecule has 0 aromatic rings. The van der Waals surface area contributed by atoms with E-state index in [0.717, 1.165) is 11.8 Å². The van der Waals surface area contributed by atoms with Gasteiger partial charge in [0, 0.05) is 24.7 Å². The Morgan fingerprint density at radius 2 is 1.29 bits per heavy atom. The van der Waals surface area contributed by atoms with E-state index >= 15 is 0 Å². The fourth-order valence-corrected chi connectivity index (χ4v) is 2.95. The lowest BCUT2D eigenvalue weighted by Gasteiger charge is -2.28. The molecule has 0 radical (unpaired) electrons. The molecule has 2 aliphatic rings. The van der Waals surface area contributed by atoms with E-state index in [0.29, 0.717) is 0 Å². The van der Waals surface area contributed by atoms with Gasteiger partial charge in [-0.15, -0.1) is 10.2 Å². The van der Waals surface area contributed by atoms with Crippen molar-refractivity contribution in [2.45, 2.75) is 39.5 Å². The summed E-state index contributed by atoms with van der Waals surface area (Å²) >= 11 is 0. The Bertz CT molecular complexity index is 262. The van der Waals surface area contributed by atoms with Crippen molar-refractivity contribution >= 4 is 5.71 Å². The molecule has 0 N–H and O–H groups in total. The molecule has 0 saturated heterocycles. The van der Waals surface area contributed by atoms with E-state index in [1.807, 2.05) is 0 Å². The van der Waals surface area contributed by atoms with Crippen LogP contribution in [0.2, 0.25) is 0 Å². The van der Waals surface area contributed by atoms with Crippen LogP contribution >= 0.6 is 0 Å². The van der Waals surface area contributed by atoms with Gasteiger partial charge in [-0.25, -0.2) is 23.2 Å². The lowest BCUT2D eigenvalue weighted by Crippen LogP contribution is -2.68. The molecular formula is C11H20ClNO4. The van der Waals surface area contributed by atoms with E-state index in [-0.39, 0.29) is 0 Å². The van der Waals surface area contributed by atoms with Gasteiger partial charge in [0.1, 0.15) is 13.1 Å². The van der Waals surface area contributed by atoms with Gasteiger partial charge < -0.3 is 0 Å². The summed E-state index contributed by atoms with van der Waals surface area (Å²) < 4.78 is 36.6. The largest absolute Gasteiger partial charge is 0.237 e. The average Bonchev–Trinajstić information content (AvgIpc) is 2.15. The van der Waals surface area contributed by atoms with Crippen LogP contribution in [0.1, 0.15) is 39.5 Å². The van der Waals surface area contributed by atoms with Gasteiger partial charge in [-0.3, -0.25) is 0 Å². The van der Waals surface area contributed by atoms with E-state index in [9.17, 15) is 0 Å². The van der Waals surface area contributed by atoms with Gasteiger partial charge >= 0.3 is 0 Å². The molecule has 2 rings (SSSR count). The first-order valence-corrected chi connectivity index (χ1v) is 7.26. The van der Waals surface area contributed by atoms with Crippen LogP contribution in [0.5, 0.6) is 0 Å². The van der Waals surface area contributed by atoms with Crippen molar-refractivity contribution in [3.05, 3.63) is 0 Å². The zero-order valence-corrected chi connectivity index (χ0v) is 11.1. The van der Waals surface area contributed by atoms with Crippen LogP contribution in [0.25, 0.3) is 0 Å². The summed E-state index contributed by atoms with van der Waals surface area (Å²) in [6.07, 6.45) is 5.68. The molecule has 0 spiro atoms. The Labute approximate surface area is 104 Å². The van der Waals surface area contributed by atoms with E-state index < -0.39 is 10.2 Å². The first-order chi connectivity index (χ1) is 7.79. The highest BCUT2D eigenvalue weighted by atomic mass is 35.7. The predicted molar refractivity (Wildman–Crippen MR) is 51.8 cm³/mol. The summed E-state index contributed by atoms with van der Waals surface area (Å²) in [5.41, 5.74) is 1.77. The normalized spacial score (nSPS) is 29.3. The lowest BCUT2D eigenvalue weighted by atomic mass is 9.83. The highest BCUT2D eigenvalue weighted by Gasteiger charge is 2.33. The summed E-state index contributed by atoms with van der Waals surface area (Å²) in [6.45, 7) is 7.49. The quantitative estimate of drug-likeness (QED) is 0.454. The highest BCUT2D eigenvalue weighted by molar-refractivity contribution is 5.84. The van der Waals surface area contributed by atoms with Crippen molar-refractivity contribution in [1.82, 2.24) is 0 Å². The minimum Gasteiger partial charge on any atom is -0.237 e. The van der Waals surface area contributed by atoms with Gasteiger partial charge in [-0.1, -0.05) is 13.8 Å². The molecule has 0 amide bonds. The molecule has 2 heterocycles. The van der Waals surface area contributed by atoms with Gasteiger partial charge in [0.05, 0.1) is 0 Å². The molecule has 5 nitrogen and oxygen atoms in total. The molecule has 0 aromatic carbocycles. The minimum atomic E-state index is -4.94. The second-order valence-electron chi connectivity index (χ2n) is 4.88. The van der Waals surface area contributed by atoms with E-state index in [4.69, 9.17) is 18.6 Å². The van der Waals surface area contributed by atoms with Crippen molar-refractivity contribution in [2.24, 2.45) is 11.8 Å². The molecule has 0 fully saturated rings. The third kappa shape index (κ3) is 5.31. The maximum atomic E-state index is 8.49. The first-order valence-electron chi connectivity index (χ1n) is 6.02. The molecule has 2 atom stereocenters. The second-order valence-corrected chi connectivity index (χ2v) is 5.63. The van der Waals surface area contributed by atoms with Crippen molar-refractivity contribution in [3.8, 4) is 0 Å². The zero-order chi connectivity index (χ0) is 13.1. The topological polar surface area (TPSA) is 95.2 Å². The number of rotatable bonds is 0. The summed E-state index contributed by atoms with van der Waals surface area (Å²) in [5.74, 6) is 1.74. The second kappa shape index (κ2) is 6.11. The fourth-order valence-electron chi connectivity index (χ4n) is 2.95. The Kier molecular flexibility index (Phi) is 5.34. The molecule has 0 bridgehead atoms. The molecule has 100 valence electrons. The number of hydrogen-bond acceptors (Lipinski definition) is 4. The zero-order valence-electron chi connectivity index (χ0n) is 10.4. The molecule has 17 heavy (non-hydrogen) atoms. The van der Waals surface area contributed by atoms with Crippen molar-refractivity contribution in [1.29, 1.82) is 0 Å². The average molecular weight is 266 g/mol. The Morgan fingerprint density at radius 1 is 0.941 bits per heavy atom. The molecule has 2 aliphatic heterocycles. The standard InChI is InChI=1S/C11H20N.ClHO4/c1-9-5-3-7-12-8-4-6-10(2)11(9)12;2-1(3,4)5/h9-10H,3-8H2,1-2H3;(H,2,3,4,5)/q+1;/p-1. The molecule has 0 aromatic heterocycles. The van der Waals surface area contributed by atoms with Crippen LogP contribution < -0.4 is 18.6 Å². The molecule has 6 heteroatoms. The minimum absolute atomic E-state index is 0.869. The van der Waals surface area contributed by atoms with Crippen LogP contribution in [-0.2, 0) is 0 Å². The maximum Gasteiger partial charge on any atom is 0.157 e. The van der Waals surface area contributed by atoms with Crippen LogP contribution in [0.4, 0.5) is 0 Å². The SMILES string of the molecule is CC1CCC[N+]2=C1C(C)CCC2.[O-][Cl+3]([O-])([O-])[O-]. The molecule has 0 aliphatic carbocycles. The molecule has 0 saturated carbocycles. The third-order valence-corrected chi connectivity index (χ3v) is 3.51. The summed E-state index contributed by atoms with van der Waals surface area (Å²) in [5, 5.41) is 0.